The van der Waals surface area contributed by atoms with Crippen LogP contribution in [0.1, 0.15) is 83.6 Å². The summed E-state index contributed by atoms with van der Waals surface area (Å²) in [6, 6.07) is 4.76. The first-order valence-electron chi connectivity index (χ1n) is 10.1. The normalized spacial score (nSPS) is 20.4. The lowest BCUT2D eigenvalue weighted by Gasteiger charge is -2.28. The van der Waals surface area contributed by atoms with Crippen molar-refractivity contribution in [2.75, 3.05) is 0 Å². The molecule has 2 rings (SSSR count). The van der Waals surface area contributed by atoms with Crippen LogP contribution in [0, 0.1) is 17.7 Å². The SMILES string of the molecule is CCCCC1CCC(CCC(=O)Oc2ccc(CCC)c(F)c2)CC1. The lowest BCUT2D eigenvalue weighted by Crippen LogP contribution is -2.17. The molecule has 1 saturated carbocycles. The second-order valence-corrected chi connectivity index (χ2v) is 7.54. The molecule has 1 aliphatic rings. The van der Waals surface area contributed by atoms with Crippen molar-refractivity contribution in [3.05, 3.63) is 29.6 Å². The van der Waals surface area contributed by atoms with Crippen molar-refractivity contribution < 1.29 is 13.9 Å². The van der Waals surface area contributed by atoms with Gasteiger partial charge < -0.3 is 4.74 Å². The minimum Gasteiger partial charge on any atom is -0.426 e. The van der Waals surface area contributed by atoms with Crippen LogP contribution < -0.4 is 4.74 Å². The zero-order valence-corrected chi connectivity index (χ0v) is 15.9. The second-order valence-electron chi connectivity index (χ2n) is 7.54. The van der Waals surface area contributed by atoms with Crippen molar-refractivity contribution in [2.45, 2.75) is 84.5 Å². The van der Waals surface area contributed by atoms with Crippen LogP contribution in [-0.4, -0.2) is 5.97 Å². The van der Waals surface area contributed by atoms with E-state index in [1.54, 1.807) is 12.1 Å². The number of esters is 1. The van der Waals surface area contributed by atoms with Crippen molar-refractivity contribution in [3.63, 3.8) is 0 Å². The first-order chi connectivity index (χ1) is 12.1. The molecule has 0 aliphatic heterocycles. The third kappa shape index (κ3) is 6.80. The lowest BCUT2D eigenvalue weighted by atomic mass is 9.78. The van der Waals surface area contributed by atoms with E-state index >= 15 is 0 Å². The van der Waals surface area contributed by atoms with Gasteiger partial charge in [-0.3, -0.25) is 4.79 Å². The largest absolute Gasteiger partial charge is 0.426 e. The van der Waals surface area contributed by atoms with Crippen molar-refractivity contribution >= 4 is 5.97 Å². The van der Waals surface area contributed by atoms with Gasteiger partial charge in [0.25, 0.3) is 0 Å². The molecule has 0 radical (unpaired) electrons. The summed E-state index contributed by atoms with van der Waals surface area (Å²) in [6.45, 7) is 4.27. The molecular formula is C22H33FO2. The van der Waals surface area contributed by atoms with Crippen LogP contribution >= 0.6 is 0 Å². The van der Waals surface area contributed by atoms with E-state index in [2.05, 4.69) is 6.92 Å². The summed E-state index contributed by atoms with van der Waals surface area (Å²) in [5.41, 5.74) is 0.683. The quantitative estimate of drug-likeness (QED) is 0.378. The second kappa shape index (κ2) is 10.6. The summed E-state index contributed by atoms with van der Waals surface area (Å²) < 4.78 is 19.2. The van der Waals surface area contributed by atoms with Gasteiger partial charge in [0.15, 0.2) is 0 Å². The zero-order chi connectivity index (χ0) is 18.1. The number of hydrogen-bond acceptors (Lipinski definition) is 2. The Hall–Kier alpha value is -1.38. The summed E-state index contributed by atoms with van der Waals surface area (Å²) in [4.78, 5) is 12.0. The first-order valence-corrected chi connectivity index (χ1v) is 10.1. The van der Waals surface area contributed by atoms with Crippen molar-refractivity contribution in [1.82, 2.24) is 0 Å². The molecule has 0 atom stereocenters. The number of ether oxygens (including phenoxy) is 1. The van der Waals surface area contributed by atoms with E-state index in [0.29, 0.717) is 30.1 Å². The van der Waals surface area contributed by atoms with Crippen molar-refractivity contribution in [2.24, 2.45) is 11.8 Å². The fourth-order valence-corrected chi connectivity index (χ4v) is 3.87. The molecule has 0 saturated heterocycles. The standard InChI is InChI=1S/C22H33FO2/c1-3-5-7-17-8-10-18(11-9-17)12-15-22(24)25-20-14-13-19(6-4-2)21(23)16-20/h13-14,16-18H,3-12,15H2,1-2H3. The molecule has 0 bridgehead atoms. The van der Waals surface area contributed by atoms with Crippen molar-refractivity contribution in [3.8, 4) is 5.75 Å². The van der Waals surface area contributed by atoms with Gasteiger partial charge in [0, 0.05) is 12.5 Å². The average molecular weight is 349 g/mol. The van der Waals surface area contributed by atoms with Crippen LogP contribution in [0.3, 0.4) is 0 Å². The Kier molecular flexibility index (Phi) is 8.43. The van der Waals surface area contributed by atoms with E-state index in [-0.39, 0.29) is 11.8 Å². The number of aryl methyl sites for hydroxylation is 1. The molecule has 0 amide bonds. The molecule has 1 aromatic rings. The average Bonchev–Trinajstić information content (AvgIpc) is 2.61. The van der Waals surface area contributed by atoms with Gasteiger partial charge in [0.2, 0.25) is 0 Å². The molecule has 1 aromatic carbocycles. The number of halogens is 1. The molecular weight excluding hydrogens is 315 g/mol. The minimum absolute atomic E-state index is 0.240. The number of benzene rings is 1. The maximum Gasteiger partial charge on any atom is 0.311 e. The van der Waals surface area contributed by atoms with Gasteiger partial charge in [0.1, 0.15) is 11.6 Å². The van der Waals surface area contributed by atoms with Crippen molar-refractivity contribution in [1.29, 1.82) is 0 Å². The molecule has 1 fully saturated rings. The Morgan fingerprint density at radius 2 is 1.76 bits per heavy atom. The van der Waals surface area contributed by atoms with E-state index in [4.69, 9.17) is 4.74 Å². The van der Waals surface area contributed by atoms with Gasteiger partial charge in [-0.2, -0.15) is 0 Å². The summed E-state index contributed by atoms with van der Waals surface area (Å²) in [5, 5.41) is 0. The number of carbonyl (C=O) groups is 1. The molecule has 0 unspecified atom stereocenters. The number of hydrogen-bond donors (Lipinski definition) is 0. The predicted molar refractivity (Wildman–Crippen MR) is 100 cm³/mol. The van der Waals surface area contributed by atoms with E-state index < -0.39 is 0 Å². The van der Waals surface area contributed by atoms with Gasteiger partial charge >= 0.3 is 5.97 Å². The highest BCUT2D eigenvalue weighted by Gasteiger charge is 2.21. The topological polar surface area (TPSA) is 26.3 Å². The maximum absolute atomic E-state index is 13.9. The molecule has 0 aromatic heterocycles. The third-order valence-electron chi connectivity index (χ3n) is 5.46. The summed E-state index contributed by atoms with van der Waals surface area (Å²) >= 11 is 0. The van der Waals surface area contributed by atoms with E-state index in [0.717, 1.165) is 18.8 Å². The van der Waals surface area contributed by atoms with Crippen LogP contribution in [0.2, 0.25) is 0 Å². The number of carbonyl (C=O) groups excluding carboxylic acids is 1. The molecule has 0 N–H and O–H groups in total. The number of rotatable bonds is 9. The van der Waals surface area contributed by atoms with Crippen LogP contribution in [0.5, 0.6) is 5.75 Å². The molecule has 1 aliphatic carbocycles. The monoisotopic (exact) mass is 348 g/mol. The smallest absolute Gasteiger partial charge is 0.311 e. The van der Waals surface area contributed by atoms with Gasteiger partial charge in [-0.15, -0.1) is 0 Å². The highest BCUT2D eigenvalue weighted by atomic mass is 19.1. The van der Waals surface area contributed by atoms with E-state index in [1.165, 1.54) is 51.0 Å². The van der Waals surface area contributed by atoms with Gasteiger partial charge in [-0.1, -0.05) is 71.3 Å². The maximum atomic E-state index is 13.9. The summed E-state index contributed by atoms with van der Waals surface area (Å²) in [5.74, 6) is 1.35. The summed E-state index contributed by atoms with van der Waals surface area (Å²) in [6.07, 6.45) is 12.0. The van der Waals surface area contributed by atoms with Crippen LogP contribution in [0.15, 0.2) is 18.2 Å². The highest BCUT2D eigenvalue weighted by Crippen LogP contribution is 2.34. The molecule has 2 nitrogen and oxygen atoms in total. The third-order valence-corrected chi connectivity index (χ3v) is 5.46. The fourth-order valence-electron chi connectivity index (χ4n) is 3.87. The Balaban J connectivity index is 1.70. The van der Waals surface area contributed by atoms with Crippen LogP contribution in [0.4, 0.5) is 4.39 Å². The number of unbranched alkanes of at least 4 members (excludes halogenated alkanes) is 1. The summed E-state index contributed by atoms with van der Waals surface area (Å²) in [7, 11) is 0. The van der Waals surface area contributed by atoms with Gasteiger partial charge in [-0.25, -0.2) is 4.39 Å². The predicted octanol–water partition coefficient (Wildman–Crippen LogP) is 6.46. The Bertz CT molecular complexity index is 533. The molecule has 25 heavy (non-hydrogen) atoms. The Labute approximate surface area is 152 Å². The molecule has 3 heteroatoms. The highest BCUT2D eigenvalue weighted by molar-refractivity contribution is 5.72. The van der Waals surface area contributed by atoms with E-state index in [9.17, 15) is 9.18 Å². The Morgan fingerprint density at radius 3 is 2.36 bits per heavy atom. The molecule has 140 valence electrons. The van der Waals surface area contributed by atoms with E-state index in [1.807, 2.05) is 6.92 Å². The van der Waals surface area contributed by atoms with Gasteiger partial charge in [-0.05, 0) is 36.3 Å². The van der Waals surface area contributed by atoms with Gasteiger partial charge in [0.05, 0.1) is 0 Å². The minimum atomic E-state index is -0.280. The van der Waals surface area contributed by atoms with Crippen LogP contribution in [-0.2, 0) is 11.2 Å². The molecule has 0 spiro atoms. The van der Waals surface area contributed by atoms with Crippen LogP contribution in [0.25, 0.3) is 0 Å². The Morgan fingerprint density at radius 1 is 1.08 bits per heavy atom. The first kappa shape index (κ1) is 19.9. The lowest BCUT2D eigenvalue weighted by molar-refractivity contribution is -0.134. The molecule has 0 heterocycles. The zero-order valence-electron chi connectivity index (χ0n) is 15.9. The fraction of sp³-hybridized carbons (Fsp3) is 0.682.